The van der Waals surface area contributed by atoms with E-state index >= 15 is 0 Å². The summed E-state index contributed by atoms with van der Waals surface area (Å²) in [5.41, 5.74) is 0. The molecule has 0 spiro atoms. The van der Waals surface area contributed by atoms with E-state index in [9.17, 15) is 14.4 Å². The lowest BCUT2D eigenvalue weighted by Gasteiger charge is -2.43. The van der Waals surface area contributed by atoms with Gasteiger partial charge in [0, 0.05) is 43.2 Å². The van der Waals surface area contributed by atoms with Crippen molar-refractivity contribution in [1.82, 2.24) is 0 Å². The lowest BCUT2D eigenvalue weighted by Crippen LogP contribution is -2.18. The summed E-state index contributed by atoms with van der Waals surface area (Å²) in [6.07, 6.45) is -0.886. The molecule has 0 unspecified atom stereocenters. The number of carbonyl (C=O) groups is 3. The highest BCUT2D eigenvalue weighted by Crippen LogP contribution is 2.72. The number of benzene rings is 6. The summed E-state index contributed by atoms with van der Waals surface area (Å²) in [6, 6.07) is 52.2. The molecule has 0 N–H and O–H groups in total. The zero-order chi connectivity index (χ0) is 35.0. The van der Waals surface area contributed by atoms with E-state index in [4.69, 9.17) is 17.8 Å². The summed E-state index contributed by atoms with van der Waals surface area (Å²) in [7, 11) is -5.55. The molecule has 0 atom stereocenters. The molecule has 50 heavy (non-hydrogen) atoms. The minimum atomic E-state index is -2.78. The summed E-state index contributed by atoms with van der Waals surface area (Å²) in [5.74, 6) is -0.146. The molecular formula is C41H34O7S2. The largest absolute Gasteiger partial charge is 0.531 e. The molecule has 0 heterocycles. The first-order valence-corrected chi connectivity index (χ1v) is 18.8. The molecular weight excluding hydrogens is 669 g/mol. The first-order chi connectivity index (χ1) is 24.3. The van der Waals surface area contributed by atoms with Gasteiger partial charge in [0.15, 0.2) is 0 Å². The molecule has 6 aromatic carbocycles. The maximum absolute atomic E-state index is 14.8. The van der Waals surface area contributed by atoms with Crippen molar-refractivity contribution in [2.45, 2.75) is 43.2 Å². The number of carbonyl (C=O) groups excluding carboxylic acids is 3. The fraction of sp³-hybridized carbons (Fsp3) is 0.0488. The molecule has 0 amide bonds. The Labute approximate surface area is 294 Å². The highest BCUT2D eigenvalue weighted by molar-refractivity contribution is 8.31. The predicted octanol–water partition coefficient (Wildman–Crippen LogP) is 10.8. The van der Waals surface area contributed by atoms with Gasteiger partial charge in [-0.3, -0.25) is 9.59 Å². The van der Waals surface area contributed by atoms with Gasteiger partial charge in [0.2, 0.25) is 0 Å². The third kappa shape index (κ3) is 7.15. The molecule has 0 aliphatic heterocycles. The van der Waals surface area contributed by atoms with Crippen LogP contribution in [-0.2, 0) is 18.0 Å². The van der Waals surface area contributed by atoms with Gasteiger partial charge in [-0.25, -0.2) is 4.79 Å². The fourth-order valence-corrected chi connectivity index (χ4v) is 11.4. The van der Waals surface area contributed by atoms with Crippen molar-refractivity contribution >= 4 is 38.7 Å². The van der Waals surface area contributed by atoms with Crippen molar-refractivity contribution in [3.8, 4) is 11.5 Å². The standard InChI is InChI=1S/C41H34O7S2/c1-31(42)45-33-23-27-39(28-24-33)49(35-15-7-3-8-16-35,36-17-9-4-10-18-36)47-41(44)48-50(37-19-11-5-12-20-37,38-21-13-6-14-22-38)40-29-25-34(26-30-40)46-32(2)43/h3-30H,1-2H3. The van der Waals surface area contributed by atoms with Gasteiger partial charge in [-0.1, -0.05) is 72.8 Å². The van der Waals surface area contributed by atoms with Gasteiger partial charge in [-0.2, -0.15) is 0 Å². The van der Waals surface area contributed by atoms with Gasteiger partial charge < -0.3 is 17.8 Å². The van der Waals surface area contributed by atoms with Crippen molar-refractivity contribution < 1.29 is 32.2 Å². The van der Waals surface area contributed by atoms with E-state index in [-0.39, 0.29) is 0 Å². The summed E-state index contributed by atoms with van der Waals surface area (Å²) < 4.78 is 24.2. The lowest BCUT2D eigenvalue weighted by molar-refractivity contribution is -0.132. The second-order valence-electron chi connectivity index (χ2n) is 10.9. The molecule has 0 radical (unpaired) electrons. The van der Waals surface area contributed by atoms with Gasteiger partial charge in [0.25, 0.3) is 0 Å². The lowest BCUT2D eigenvalue weighted by atomic mass is 10.3. The van der Waals surface area contributed by atoms with Crippen LogP contribution in [0.3, 0.4) is 0 Å². The first-order valence-electron chi connectivity index (χ1n) is 15.7. The van der Waals surface area contributed by atoms with Crippen molar-refractivity contribution in [1.29, 1.82) is 0 Å². The topological polar surface area (TPSA) is 88.1 Å². The van der Waals surface area contributed by atoms with Crippen molar-refractivity contribution in [3.05, 3.63) is 170 Å². The van der Waals surface area contributed by atoms with Crippen molar-refractivity contribution in [2.24, 2.45) is 0 Å². The second-order valence-corrected chi connectivity index (χ2v) is 16.3. The zero-order valence-electron chi connectivity index (χ0n) is 27.3. The highest BCUT2D eigenvalue weighted by Gasteiger charge is 2.41. The average molecular weight is 703 g/mol. The molecule has 0 saturated carbocycles. The van der Waals surface area contributed by atoms with E-state index in [1.165, 1.54) is 13.8 Å². The molecule has 252 valence electrons. The van der Waals surface area contributed by atoms with E-state index in [1.54, 1.807) is 24.3 Å². The fourth-order valence-electron chi connectivity index (χ4n) is 5.50. The summed E-state index contributed by atoms with van der Waals surface area (Å²) in [6.45, 7) is 2.68. The van der Waals surface area contributed by atoms with Crippen LogP contribution in [0.5, 0.6) is 11.5 Å². The average Bonchev–Trinajstić information content (AvgIpc) is 3.14. The Bertz CT molecular complexity index is 1830. The predicted molar refractivity (Wildman–Crippen MR) is 194 cm³/mol. The summed E-state index contributed by atoms with van der Waals surface area (Å²) in [4.78, 5) is 42.6. The van der Waals surface area contributed by atoms with Crippen LogP contribution in [-0.4, -0.2) is 18.1 Å². The number of rotatable bonds is 10. The number of esters is 2. The quantitative estimate of drug-likeness (QED) is 0.104. The zero-order valence-corrected chi connectivity index (χ0v) is 29.0. The van der Waals surface area contributed by atoms with E-state index in [1.807, 2.05) is 146 Å². The van der Waals surface area contributed by atoms with Crippen molar-refractivity contribution in [2.75, 3.05) is 0 Å². The number of hydrogen-bond donors (Lipinski definition) is 0. The monoisotopic (exact) mass is 702 g/mol. The molecule has 6 aromatic rings. The molecule has 0 saturated heterocycles. The van der Waals surface area contributed by atoms with E-state index < -0.39 is 38.7 Å². The van der Waals surface area contributed by atoms with E-state index in [0.29, 0.717) is 21.3 Å². The smallest absolute Gasteiger partial charge is 0.427 e. The summed E-state index contributed by atoms with van der Waals surface area (Å²) in [5, 5.41) is 0. The maximum Gasteiger partial charge on any atom is 0.531 e. The molecule has 6 rings (SSSR count). The Balaban J connectivity index is 1.54. The Morgan fingerprint density at radius 2 is 0.600 bits per heavy atom. The molecule has 0 fully saturated rings. The Morgan fingerprint density at radius 3 is 0.840 bits per heavy atom. The van der Waals surface area contributed by atoms with E-state index in [2.05, 4.69) is 0 Å². The van der Waals surface area contributed by atoms with Gasteiger partial charge in [0.05, 0.1) is 0 Å². The van der Waals surface area contributed by atoms with Crippen LogP contribution in [0.4, 0.5) is 4.79 Å². The third-order valence-electron chi connectivity index (χ3n) is 7.52. The van der Waals surface area contributed by atoms with Gasteiger partial charge >= 0.3 is 18.1 Å². The number of hydrogen-bond acceptors (Lipinski definition) is 7. The van der Waals surface area contributed by atoms with E-state index in [0.717, 1.165) is 19.6 Å². The SMILES string of the molecule is CC(=O)Oc1ccc(S(OC(=O)OS(c2ccccc2)(c2ccccc2)c2ccc(OC(C)=O)cc2)(c2ccccc2)c2ccccc2)cc1. The Morgan fingerprint density at radius 1 is 0.360 bits per heavy atom. The Kier molecular flexibility index (Phi) is 10.4. The van der Waals surface area contributed by atoms with Gasteiger partial charge in [0.1, 0.15) is 11.5 Å². The Hall–Kier alpha value is -5.77. The minimum absolute atomic E-state index is 0.368. The minimum Gasteiger partial charge on any atom is -0.427 e. The normalized spacial score (nSPS) is 11.9. The van der Waals surface area contributed by atoms with Crippen LogP contribution in [0.25, 0.3) is 0 Å². The van der Waals surface area contributed by atoms with Crippen LogP contribution < -0.4 is 9.47 Å². The second kappa shape index (κ2) is 15.2. The number of ether oxygens (including phenoxy) is 2. The molecule has 0 bridgehead atoms. The van der Waals surface area contributed by atoms with Crippen LogP contribution in [0, 0.1) is 0 Å². The van der Waals surface area contributed by atoms with Crippen LogP contribution in [0.2, 0.25) is 0 Å². The van der Waals surface area contributed by atoms with Crippen LogP contribution >= 0.6 is 20.6 Å². The first kappa shape index (κ1) is 34.1. The highest BCUT2D eigenvalue weighted by atomic mass is 32.3. The molecule has 9 heteroatoms. The summed E-state index contributed by atoms with van der Waals surface area (Å²) >= 11 is 0. The third-order valence-corrected chi connectivity index (χ3v) is 13.9. The molecule has 0 aliphatic carbocycles. The van der Waals surface area contributed by atoms with Crippen LogP contribution in [0.1, 0.15) is 13.8 Å². The molecule has 0 aromatic heterocycles. The van der Waals surface area contributed by atoms with Crippen molar-refractivity contribution in [3.63, 3.8) is 0 Å². The van der Waals surface area contributed by atoms with Gasteiger partial charge in [-0.05, 0) is 118 Å². The maximum atomic E-state index is 14.8. The van der Waals surface area contributed by atoms with Gasteiger partial charge in [-0.15, -0.1) is 0 Å². The molecule has 0 aliphatic rings. The molecule has 7 nitrogen and oxygen atoms in total. The van der Waals surface area contributed by atoms with Crippen LogP contribution in [0.15, 0.2) is 199 Å².